The summed E-state index contributed by atoms with van der Waals surface area (Å²) in [6.45, 7) is 3.99. The van der Waals surface area contributed by atoms with Crippen LogP contribution in [-0.2, 0) is 13.6 Å². The van der Waals surface area contributed by atoms with Crippen LogP contribution in [0.4, 0.5) is 0 Å². The van der Waals surface area contributed by atoms with Crippen molar-refractivity contribution in [3.05, 3.63) is 60.7 Å². The fraction of sp³-hybridized carbons (Fsp3) is 0.316. The maximum absolute atomic E-state index is 11.6. The molecule has 0 radical (unpaired) electrons. The number of hydrogen-bond acceptors (Lipinski definition) is 3. The Kier molecular flexibility index (Phi) is 7.58. The first kappa shape index (κ1) is 19.6. The van der Waals surface area contributed by atoms with Crippen molar-refractivity contribution in [3.63, 3.8) is 0 Å². The molecule has 0 saturated heterocycles. The summed E-state index contributed by atoms with van der Waals surface area (Å²) in [5, 5.41) is 12.0. The van der Waals surface area contributed by atoms with Gasteiger partial charge in [-0.25, -0.2) is 0 Å². The first-order valence-electron chi connectivity index (χ1n) is 8.50. The number of carboxylic acids is 1. The van der Waals surface area contributed by atoms with Crippen molar-refractivity contribution < 1.29 is 18.8 Å². The van der Waals surface area contributed by atoms with Gasteiger partial charge in [-0.05, 0) is 30.6 Å². The molecule has 4 nitrogen and oxygen atoms in total. The van der Waals surface area contributed by atoms with Crippen molar-refractivity contribution in [1.29, 1.82) is 0 Å². The Bertz CT molecular complexity index is 647. The minimum absolute atomic E-state index is 0.346. The molecule has 25 heavy (non-hydrogen) atoms. The average Bonchev–Trinajstić information content (AvgIpc) is 2.62. The van der Waals surface area contributed by atoms with Gasteiger partial charge in [-0.15, -0.1) is 0 Å². The van der Waals surface area contributed by atoms with Crippen LogP contribution in [-0.4, -0.2) is 43.3 Å². The molecule has 0 aromatic heterocycles. The SMILES string of the molecule is CC(C)(C(=O)O)[C@H](CCO[SiH2]c1ccccc1)O[SiH2]c1ccccc1. The minimum Gasteiger partial charge on any atom is -0.481 e. The lowest BCUT2D eigenvalue weighted by Gasteiger charge is -2.31. The predicted octanol–water partition coefficient (Wildman–Crippen LogP) is 0.708. The van der Waals surface area contributed by atoms with Crippen LogP contribution in [0.15, 0.2) is 60.7 Å². The lowest BCUT2D eigenvalue weighted by Crippen LogP contribution is -2.42. The molecule has 0 aliphatic rings. The van der Waals surface area contributed by atoms with Gasteiger partial charge in [-0.3, -0.25) is 4.79 Å². The van der Waals surface area contributed by atoms with Crippen molar-refractivity contribution in [2.45, 2.75) is 26.4 Å². The number of carbonyl (C=O) groups is 1. The van der Waals surface area contributed by atoms with Gasteiger partial charge in [-0.2, -0.15) is 0 Å². The molecule has 2 aromatic carbocycles. The maximum Gasteiger partial charge on any atom is 0.311 e. The lowest BCUT2D eigenvalue weighted by molar-refractivity contribution is -0.152. The molecule has 134 valence electrons. The zero-order valence-electron chi connectivity index (χ0n) is 14.9. The van der Waals surface area contributed by atoms with Gasteiger partial charge in [0.05, 0.1) is 11.5 Å². The van der Waals surface area contributed by atoms with Crippen LogP contribution in [0.2, 0.25) is 0 Å². The normalized spacial score (nSPS) is 13.7. The van der Waals surface area contributed by atoms with Crippen molar-refractivity contribution in [2.24, 2.45) is 5.41 Å². The number of carboxylic acid groups (broad SMARTS) is 1. The van der Waals surface area contributed by atoms with Crippen molar-refractivity contribution >= 4 is 35.9 Å². The van der Waals surface area contributed by atoms with Crippen LogP contribution in [0.1, 0.15) is 20.3 Å². The summed E-state index contributed by atoms with van der Waals surface area (Å²) in [7, 11) is -1.74. The minimum atomic E-state index is -0.963. The number of benzene rings is 2. The van der Waals surface area contributed by atoms with E-state index in [2.05, 4.69) is 12.1 Å². The molecular formula is C19H26O4Si2. The Morgan fingerprint density at radius 1 is 1.00 bits per heavy atom. The number of rotatable bonds is 10. The summed E-state index contributed by atoms with van der Waals surface area (Å²) in [5.41, 5.74) is -0.931. The van der Waals surface area contributed by atoms with E-state index in [0.29, 0.717) is 13.0 Å². The molecule has 0 saturated carbocycles. The van der Waals surface area contributed by atoms with Crippen LogP contribution in [0.3, 0.4) is 0 Å². The van der Waals surface area contributed by atoms with Crippen LogP contribution in [0.25, 0.3) is 0 Å². The average molecular weight is 375 g/mol. The monoisotopic (exact) mass is 374 g/mol. The van der Waals surface area contributed by atoms with Gasteiger partial charge in [0, 0.05) is 6.61 Å². The van der Waals surface area contributed by atoms with E-state index in [1.807, 2.05) is 48.5 Å². The molecule has 1 atom stereocenters. The Labute approximate surface area is 154 Å². The fourth-order valence-electron chi connectivity index (χ4n) is 2.52. The van der Waals surface area contributed by atoms with Crippen molar-refractivity contribution in [2.75, 3.05) is 6.61 Å². The second-order valence-corrected chi connectivity index (χ2v) is 9.59. The quantitative estimate of drug-likeness (QED) is 0.492. The summed E-state index contributed by atoms with van der Waals surface area (Å²) < 4.78 is 12.0. The molecule has 0 unspecified atom stereocenters. The van der Waals surface area contributed by atoms with E-state index in [1.165, 1.54) is 10.4 Å². The van der Waals surface area contributed by atoms with Gasteiger partial charge >= 0.3 is 5.97 Å². The molecule has 0 bridgehead atoms. The highest BCUT2D eigenvalue weighted by Crippen LogP contribution is 2.26. The van der Waals surface area contributed by atoms with E-state index >= 15 is 0 Å². The van der Waals surface area contributed by atoms with Gasteiger partial charge < -0.3 is 14.0 Å². The summed E-state index contributed by atoms with van der Waals surface area (Å²) in [5.74, 6) is -0.833. The highest BCUT2D eigenvalue weighted by Gasteiger charge is 2.37. The molecule has 0 fully saturated rings. The second-order valence-electron chi connectivity index (χ2n) is 6.64. The summed E-state index contributed by atoms with van der Waals surface area (Å²) in [6, 6.07) is 20.2. The third kappa shape index (κ3) is 6.24. The first-order valence-corrected chi connectivity index (χ1v) is 11.1. The van der Waals surface area contributed by atoms with E-state index in [9.17, 15) is 9.90 Å². The summed E-state index contributed by atoms with van der Waals surface area (Å²) in [6.07, 6.45) is 0.250. The van der Waals surface area contributed by atoms with Crippen LogP contribution < -0.4 is 10.4 Å². The molecule has 0 amide bonds. The van der Waals surface area contributed by atoms with E-state index in [4.69, 9.17) is 8.85 Å². The number of aliphatic carboxylic acids is 1. The van der Waals surface area contributed by atoms with Crippen molar-refractivity contribution in [3.8, 4) is 0 Å². The third-order valence-electron chi connectivity index (χ3n) is 4.29. The first-order chi connectivity index (χ1) is 12.0. The molecule has 2 aromatic rings. The van der Waals surface area contributed by atoms with Crippen LogP contribution >= 0.6 is 0 Å². The van der Waals surface area contributed by atoms with Gasteiger partial charge in [0.1, 0.15) is 0 Å². The molecule has 0 aliphatic carbocycles. The molecule has 6 heteroatoms. The highest BCUT2D eigenvalue weighted by atomic mass is 28.2. The largest absolute Gasteiger partial charge is 0.481 e. The Hall–Kier alpha value is -1.74. The van der Waals surface area contributed by atoms with Gasteiger partial charge in [0.25, 0.3) is 0 Å². The van der Waals surface area contributed by atoms with Gasteiger partial charge in [0.15, 0.2) is 19.5 Å². The maximum atomic E-state index is 11.6. The van der Waals surface area contributed by atoms with Gasteiger partial charge in [-0.1, -0.05) is 60.7 Å². The van der Waals surface area contributed by atoms with E-state index in [1.54, 1.807) is 13.8 Å². The van der Waals surface area contributed by atoms with Crippen LogP contribution in [0, 0.1) is 5.41 Å². The lowest BCUT2D eigenvalue weighted by atomic mass is 9.85. The van der Waals surface area contributed by atoms with Gasteiger partial charge in [0.2, 0.25) is 0 Å². The fourth-order valence-corrected chi connectivity index (χ4v) is 4.97. The van der Waals surface area contributed by atoms with E-state index < -0.39 is 30.9 Å². The molecular weight excluding hydrogens is 348 g/mol. The zero-order valence-corrected chi connectivity index (χ0v) is 17.7. The van der Waals surface area contributed by atoms with Crippen LogP contribution in [0.5, 0.6) is 0 Å². The zero-order chi connectivity index (χ0) is 18.1. The molecule has 1 N–H and O–H groups in total. The predicted molar refractivity (Wildman–Crippen MR) is 106 cm³/mol. The van der Waals surface area contributed by atoms with E-state index in [0.717, 1.165) is 0 Å². The molecule has 0 spiro atoms. The smallest absolute Gasteiger partial charge is 0.311 e. The number of hydrogen-bond donors (Lipinski definition) is 1. The van der Waals surface area contributed by atoms with Crippen molar-refractivity contribution in [1.82, 2.24) is 0 Å². The molecule has 2 rings (SSSR count). The summed E-state index contributed by atoms with van der Waals surface area (Å²) in [4.78, 5) is 11.6. The standard InChI is InChI=1S/C19H26O4Si2/c1-19(2,18(20)21)17(23-25-16-11-7-4-8-12-16)13-14-22-24-15-9-5-3-6-10-15/h3-12,17H,13-14,24-25H2,1-2H3,(H,20,21)/t17-/m0/s1. The Balaban J connectivity index is 1.89. The summed E-state index contributed by atoms with van der Waals surface area (Å²) >= 11 is 0. The Morgan fingerprint density at radius 3 is 2.04 bits per heavy atom. The highest BCUT2D eigenvalue weighted by molar-refractivity contribution is 6.47. The Morgan fingerprint density at radius 2 is 1.52 bits per heavy atom. The molecule has 0 heterocycles. The van der Waals surface area contributed by atoms with E-state index in [-0.39, 0.29) is 6.10 Å². The second kappa shape index (κ2) is 9.67. The topological polar surface area (TPSA) is 55.8 Å². The molecule has 0 aliphatic heterocycles. The third-order valence-corrected chi connectivity index (χ3v) is 6.96.